The zero-order valence-corrected chi connectivity index (χ0v) is 15.0. The first kappa shape index (κ1) is 17.9. The van der Waals surface area contributed by atoms with Crippen molar-refractivity contribution in [3.63, 3.8) is 0 Å². The number of aliphatic hydroxyl groups excluding tert-OH is 1. The third-order valence-corrected chi connectivity index (χ3v) is 4.76. The molecule has 138 valence electrons. The largest absolute Gasteiger partial charge is 0.459 e. The third-order valence-electron chi connectivity index (χ3n) is 4.76. The molecular formula is C17H28N6O2. The van der Waals surface area contributed by atoms with Crippen molar-refractivity contribution in [1.29, 1.82) is 0 Å². The van der Waals surface area contributed by atoms with Gasteiger partial charge in [-0.1, -0.05) is 13.3 Å². The fourth-order valence-corrected chi connectivity index (χ4v) is 3.48. The summed E-state index contributed by atoms with van der Waals surface area (Å²) >= 11 is 0. The second kappa shape index (κ2) is 7.97. The summed E-state index contributed by atoms with van der Waals surface area (Å²) in [7, 11) is 0. The molecule has 0 amide bonds. The number of imidazole rings is 1. The number of nitrogens with two attached hydrogens (primary N) is 1. The van der Waals surface area contributed by atoms with Gasteiger partial charge in [0.25, 0.3) is 0 Å². The molecule has 2 aromatic heterocycles. The van der Waals surface area contributed by atoms with Gasteiger partial charge in [0.1, 0.15) is 0 Å². The molecule has 2 aromatic rings. The molecule has 1 fully saturated rings. The topological polar surface area (TPSA) is 111 Å². The van der Waals surface area contributed by atoms with Crippen molar-refractivity contribution in [2.75, 3.05) is 18.9 Å². The fourth-order valence-electron chi connectivity index (χ4n) is 3.48. The molecule has 4 N–H and O–H groups in total. The maximum absolute atomic E-state index is 9.37. The summed E-state index contributed by atoms with van der Waals surface area (Å²) < 4.78 is 7.55. The number of aliphatic hydroxyl groups is 1. The Labute approximate surface area is 147 Å². The van der Waals surface area contributed by atoms with E-state index >= 15 is 0 Å². The van der Waals surface area contributed by atoms with Crippen LogP contribution in [0.4, 0.5) is 5.82 Å². The number of hydrogen-bond acceptors (Lipinski definition) is 7. The van der Waals surface area contributed by atoms with Gasteiger partial charge in [-0.15, -0.1) is 5.10 Å². The van der Waals surface area contributed by atoms with E-state index in [-0.39, 0.29) is 18.8 Å². The monoisotopic (exact) mass is 348 g/mol. The van der Waals surface area contributed by atoms with Crippen molar-refractivity contribution in [2.45, 2.75) is 58.1 Å². The number of fused-ring (bicyclic) bond motifs is 1. The molecule has 1 aliphatic rings. The van der Waals surface area contributed by atoms with E-state index in [1.54, 1.807) is 4.52 Å². The molecule has 8 heteroatoms. The Hall–Kier alpha value is -1.93. The predicted molar refractivity (Wildman–Crippen MR) is 95.5 cm³/mol. The number of hydrogen-bond donors (Lipinski definition) is 3. The highest BCUT2D eigenvalue weighted by molar-refractivity contribution is 5.59. The lowest BCUT2D eigenvalue weighted by molar-refractivity contribution is 0.187. The van der Waals surface area contributed by atoms with Gasteiger partial charge in [0.15, 0.2) is 11.5 Å². The average molecular weight is 348 g/mol. The van der Waals surface area contributed by atoms with Crippen LogP contribution in [0.25, 0.3) is 5.65 Å². The van der Waals surface area contributed by atoms with Gasteiger partial charge in [-0.2, -0.15) is 4.98 Å². The Morgan fingerprint density at radius 1 is 1.52 bits per heavy atom. The zero-order valence-electron chi connectivity index (χ0n) is 15.0. The highest BCUT2D eigenvalue weighted by Crippen LogP contribution is 2.23. The van der Waals surface area contributed by atoms with E-state index < -0.39 is 0 Å². The molecule has 1 saturated heterocycles. The van der Waals surface area contributed by atoms with Gasteiger partial charge in [0.05, 0.1) is 24.6 Å². The highest BCUT2D eigenvalue weighted by Gasteiger charge is 2.23. The first-order valence-electron chi connectivity index (χ1n) is 9.11. The van der Waals surface area contributed by atoms with Crippen molar-refractivity contribution in [1.82, 2.24) is 24.9 Å². The van der Waals surface area contributed by atoms with E-state index in [1.807, 2.05) is 13.1 Å². The highest BCUT2D eigenvalue weighted by atomic mass is 16.5. The Morgan fingerprint density at radius 3 is 3.12 bits per heavy atom. The predicted octanol–water partition coefficient (Wildman–Crippen LogP) is 1.18. The van der Waals surface area contributed by atoms with Crippen LogP contribution in [-0.4, -0.2) is 50.0 Å². The Kier molecular flexibility index (Phi) is 5.70. The lowest BCUT2D eigenvalue weighted by Crippen LogP contribution is -2.41. The normalized spacial score (nSPS) is 22.2. The van der Waals surface area contributed by atoms with Crippen LogP contribution in [-0.2, 0) is 6.42 Å². The Bertz CT molecular complexity index is 704. The molecule has 0 bridgehead atoms. The maximum atomic E-state index is 9.37. The van der Waals surface area contributed by atoms with Crippen molar-refractivity contribution >= 4 is 11.5 Å². The molecule has 25 heavy (non-hydrogen) atoms. The summed E-state index contributed by atoms with van der Waals surface area (Å²) in [4.78, 5) is 8.60. The minimum absolute atomic E-state index is 0.0450. The number of nitrogens with zero attached hydrogens (tertiary/aromatic N) is 4. The number of nitrogens with one attached hydrogen (secondary N) is 1. The maximum Gasteiger partial charge on any atom is 0.336 e. The van der Waals surface area contributed by atoms with Gasteiger partial charge in [0, 0.05) is 6.04 Å². The van der Waals surface area contributed by atoms with E-state index in [0.717, 1.165) is 44.3 Å². The van der Waals surface area contributed by atoms with Gasteiger partial charge in [0.2, 0.25) is 0 Å². The van der Waals surface area contributed by atoms with Crippen LogP contribution in [0.5, 0.6) is 6.01 Å². The molecule has 0 aromatic carbocycles. The number of piperidine rings is 1. The van der Waals surface area contributed by atoms with Crippen LogP contribution in [0.3, 0.4) is 0 Å². The third kappa shape index (κ3) is 4.19. The minimum atomic E-state index is 0.0450. The number of rotatable bonds is 7. The molecule has 0 radical (unpaired) electrons. The molecule has 3 heterocycles. The van der Waals surface area contributed by atoms with E-state index in [2.05, 4.69) is 27.3 Å². The molecule has 8 nitrogen and oxygen atoms in total. The first-order chi connectivity index (χ1) is 12.1. The quantitative estimate of drug-likeness (QED) is 0.689. The Balaban J connectivity index is 1.80. The number of anilines is 1. The summed E-state index contributed by atoms with van der Waals surface area (Å²) in [5.74, 6) is 0.816. The number of ether oxygens (including phenoxy) is 1. The van der Waals surface area contributed by atoms with E-state index in [9.17, 15) is 5.11 Å². The van der Waals surface area contributed by atoms with Crippen molar-refractivity contribution < 1.29 is 9.84 Å². The van der Waals surface area contributed by atoms with Crippen LogP contribution in [0, 0.1) is 5.92 Å². The lowest BCUT2D eigenvalue weighted by Gasteiger charge is -2.28. The van der Waals surface area contributed by atoms with Gasteiger partial charge in [-0.25, -0.2) is 9.50 Å². The SMILES string of the molecule is CCC[C@H](C)Oc1nc(N)c2ncc(CC3CCNC(CO)C3)n2n1. The molecule has 0 spiro atoms. The zero-order chi connectivity index (χ0) is 17.8. The molecule has 1 aliphatic heterocycles. The van der Waals surface area contributed by atoms with E-state index in [4.69, 9.17) is 10.5 Å². The van der Waals surface area contributed by atoms with Crippen molar-refractivity contribution in [3.05, 3.63) is 11.9 Å². The summed E-state index contributed by atoms with van der Waals surface area (Å²) in [6.45, 7) is 5.22. The minimum Gasteiger partial charge on any atom is -0.459 e. The Morgan fingerprint density at radius 2 is 2.36 bits per heavy atom. The average Bonchev–Trinajstić information content (AvgIpc) is 2.98. The van der Waals surface area contributed by atoms with Gasteiger partial charge in [-0.05, 0) is 45.1 Å². The lowest BCUT2D eigenvalue weighted by atomic mass is 9.89. The summed E-state index contributed by atoms with van der Waals surface area (Å²) in [5, 5.41) is 17.2. The molecule has 2 unspecified atom stereocenters. The van der Waals surface area contributed by atoms with Crippen molar-refractivity contribution in [2.24, 2.45) is 5.92 Å². The standard InChI is InChI=1S/C17H28N6O2/c1-3-4-11(2)25-17-21-15(18)16-20-9-14(23(16)22-17)8-12-5-6-19-13(7-12)10-24/h9,11-13,19,24H,3-8,10H2,1-2H3,(H2,18,21,22)/t11-,12?,13?/m0/s1. The number of nitrogen functional groups attached to an aromatic ring is 1. The second-order valence-corrected chi connectivity index (χ2v) is 6.91. The van der Waals surface area contributed by atoms with Gasteiger partial charge in [-0.3, -0.25) is 0 Å². The van der Waals surface area contributed by atoms with Crippen LogP contribution in [0.15, 0.2) is 6.20 Å². The number of aromatic nitrogens is 4. The van der Waals surface area contributed by atoms with Gasteiger partial charge >= 0.3 is 6.01 Å². The molecular weight excluding hydrogens is 320 g/mol. The van der Waals surface area contributed by atoms with Gasteiger partial charge < -0.3 is 20.9 Å². The van der Waals surface area contributed by atoms with Crippen LogP contribution in [0.2, 0.25) is 0 Å². The molecule has 0 aliphatic carbocycles. The molecule has 3 atom stereocenters. The van der Waals surface area contributed by atoms with Crippen molar-refractivity contribution in [3.8, 4) is 6.01 Å². The smallest absolute Gasteiger partial charge is 0.336 e. The second-order valence-electron chi connectivity index (χ2n) is 6.91. The van der Waals surface area contributed by atoms with Crippen LogP contribution >= 0.6 is 0 Å². The molecule has 0 saturated carbocycles. The van der Waals surface area contributed by atoms with Crippen LogP contribution in [0.1, 0.15) is 45.2 Å². The first-order valence-corrected chi connectivity index (χ1v) is 9.11. The van der Waals surface area contributed by atoms with E-state index in [0.29, 0.717) is 23.4 Å². The summed E-state index contributed by atoms with van der Waals surface area (Å²) in [5.41, 5.74) is 7.61. The summed E-state index contributed by atoms with van der Waals surface area (Å²) in [6.07, 6.45) is 6.70. The van der Waals surface area contributed by atoms with Crippen LogP contribution < -0.4 is 15.8 Å². The fraction of sp³-hybridized carbons (Fsp3) is 0.706. The summed E-state index contributed by atoms with van der Waals surface area (Å²) in [6, 6.07) is 0.468. The molecule has 3 rings (SSSR count). The van der Waals surface area contributed by atoms with E-state index in [1.165, 1.54) is 0 Å².